The molecule has 1 N–H and O–H groups in total. The van der Waals surface area contributed by atoms with E-state index < -0.39 is 0 Å². The van der Waals surface area contributed by atoms with Crippen LogP contribution >= 0.6 is 15.9 Å². The van der Waals surface area contributed by atoms with Crippen LogP contribution in [0.15, 0.2) is 16.6 Å². The minimum Gasteiger partial charge on any atom is -0.508 e. The van der Waals surface area contributed by atoms with Gasteiger partial charge in [0.15, 0.2) is 0 Å². The number of phenols is 1. The second-order valence-electron chi connectivity index (χ2n) is 2.73. The molecule has 0 atom stereocenters. The normalized spacial score (nSPS) is 10.2. The fourth-order valence-corrected chi connectivity index (χ4v) is 2.08. The van der Waals surface area contributed by atoms with E-state index in [9.17, 15) is 5.11 Å². The van der Waals surface area contributed by atoms with E-state index in [0.717, 1.165) is 22.9 Å². The van der Waals surface area contributed by atoms with E-state index in [2.05, 4.69) is 29.8 Å². The summed E-state index contributed by atoms with van der Waals surface area (Å²) < 4.78 is 1.10. The highest BCUT2D eigenvalue weighted by Crippen LogP contribution is 2.28. The van der Waals surface area contributed by atoms with E-state index in [1.165, 1.54) is 5.56 Å². The first-order valence-electron chi connectivity index (χ1n) is 4.19. The molecule has 0 heterocycles. The predicted octanol–water partition coefficient (Wildman–Crippen LogP) is 3.28. The molecule has 1 rings (SSSR count). The topological polar surface area (TPSA) is 20.2 Å². The van der Waals surface area contributed by atoms with Gasteiger partial charge in [-0.15, -0.1) is 0 Å². The van der Waals surface area contributed by atoms with Crippen molar-refractivity contribution in [1.82, 2.24) is 0 Å². The number of hydrogen-bond donors (Lipinski definition) is 1. The highest BCUT2D eigenvalue weighted by molar-refractivity contribution is 9.10. The number of phenolic OH excluding ortho intramolecular Hbond substituents is 1. The van der Waals surface area contributed by atoms with Gasteiger partial charge in [0.05, 0.1) is 0 Å². The third-order valence-electron chi connectivity index (χ3n) is 2.06. The van der Waals surface area contributed by atoms with Crippen molar-refractivity contribution in [2.45, 2.75) is 26.7 Å². The monoisotopic (exact) mass is 228 g/mol. The van der Waals surface area contributed by atoms with Crippen LogP contribution in [-0.2, 0) is 12.8 Å². The van der Waals surface area contributed by atoms with Crippen LogP contribution in [0.2, 0.25) is 0 Å². The van der Waals surface area contributed by atoms with Gasteiger partial charge >= 0.3 is 0 Å². The molecule has 0 radical (unpaired) electrons. The number of rotatable bonds is 2. The molecule has 66 valence electrons. The fraction of sp³-hybridized carbons (Fsp3) is 0.400. The Balaban J connectivity index is 3.28. The average molecular weight is 229 g/mol. The molecule has 0 bridgehead atoms. The Labute approximate surface area is 81.6 Å². The highest BCUT2D eigenvalue weighted by atomic mass is 79.9. The van der Waals surface area contributed by atoms with Crippen LogP contribution in [0.1, 0.15) is 25.0 Å². The van der Waals surface area contributed by atoms with Crippen LogP contribution < -0.4 is 0 Å². The summed E-state index contributed by atoms with van der Waals surface area (Å²) in [6.45, 7) is 4.15. The molecule has 12 heavy (non-hydrogen) atoms. The molecule has 2 heteroatoms. The van der Waals surface area contributed by atoms with Crippen molar-refractivity contribution in [2.24, 2.45) is 0 Å². The molecule has 0 aromatic heterocycles. The Morgan fingerprint density at radius 3 is 2.17 bits per heavy atom. The lowest BCUT2D eigenvalue weighted by Gasteiger charge is -2.09. The number of aromatic hydroxyl groups is 1. The standard InChI is InChI=1S/C10H13BrO/c1-3-7-8(4-2)10(12)6-5-9(7)11/h5-6,12H,3-4H2,1-2H3. The number of halogens is 1. The van der Waals surface area contributed by atoms with E-state index in [1.54, 1.807) is 6.07 Å². The zero-order valence-electron chi connectivity index (χ0n) is 7.39. The summed E-state index contributed by atoms with van der Waals surface area (Å²) in [7, 11) is 0. The van der Waals surface area contributed by atoms with Crippen molar-refractivity contribution in [3.8, 4) is 5.75 Å². The SMILES string of the molecule is CCc1c(O)ccc(Br)c1CC. The third kappa shape index (κ3) is 1.63. The Hall–Kier alpha value is -0.500. The molecule has 1 nitrogen and oxygen atoms in total. The van der Waals surface area contributed by atoms with E-state index in [-0.39, 0.29) is 0 Å². The summed E-state index contributed by atoms with van der Waals surface area (Å²) in [5.74, 6) is 0.414. The van der Waals surface area contributed by atoms with Crippen LogP contribution in [-0.4, -0.2) is 5.11 Å². The molecule has 1 aromatic rings. The Morgan fingerprint density at radius 2 is 1.75 bits per heavy atom. The average Bonchev–Trinajstić information content (AvgIpc) is 2.08. The zero-order valence-corrected chi connectivity index (χ0v) is 8.98. The Morgan fingerprint density at radius 1 is 1.17 bits per heavy atom. The summed E-state index contributed by atoms with van der Waals surface area (Å²) >= 11 is 3.47. The zero-order chi connectivity index (χ0) is 9.14. The maximum atomic E-state index is 9.53. The van der Waals surface area contributed by atoms with Gasteiger partial charge in [-0.3, -0.25) is 0 Å². The molecule has 0 saturated carbocycles. The Bertz CT molecular complexity index is 252. The largest absolute Gasteiger partial charge is 0.508 e. The third-order valence-corrected chi connectivity index (χ3v) is 2.80. The summed E-state index contributed by atoms with van der Waals surface area (Å²) in [5, 5.41) is 9.53. The lowest BCUT2D eigenvalue weighted by atomic mass is 10.0. The van der Waals surface area contributed by atoms with Gasteiger partial charge in [0.2, 0.25) is 0 Å². The summed E-state index contributed by atoms with van der Waals surface area (Å²) in [6.07, 6.45) is 1.84. The smallest absolute Gasteiger partial charge is 0.119 e. The minimum absolute atomic E-state index is 0.414. The lowest BCUT2D eigenvalue weighted by Crippen LogP contribution is -1.92. The molecule has 0 saturated heterocycles. The van der Waals surface area contributed by atoms with Gasteiger partial charge in [0, 0.05) is 4.47 Å². The number of benzene rings is 1. The van der Waals surface area contributed by atoms with E-state index in [1.807, 2.05) is 6.07 Å². The molecule has 0 aliphatic rings. The summed E-state index contributed by atoms with van der Waals surface area (Å²) in [6, 6.07) is 3.63. The van der Waals surface area contributed by atoms with Crippen LogP contribution in [0.4, 0.5) is 0 Å². The van der Waals surface area contributed by atoms with Gasteiger partial charge in [-0.1, -0.05) is 29.8 Å². The number of hydrogen-bond acceptors (Lipinski definition) is 1. The van der Waals surface area contributed by atoms with Crippen LogP contribution in [0.3, 0.4) is 0 Å². The van der Waals surface area contributed by atoms with E-state index in [0.29, 0.717) is 5.75 Å². The molecule has 0 spiro atoms. The molecule has 0 aliphatic carbocycles. The van der Waals surface area contributed by atoms with E-state index in [4.69, 9.17) is 0 Å². The quantitative estimate of drug-likeness (QED) is 0.824. The van der Waals surface area contributed by atoms with Crippen LogP contribution in [0.5, 0.6) is 5.75 Å². The van der Waals surface area contributed by atoms with Crippen molar-refractivity contribution >= 4 is 15.9 Å². The van der Waals surface area contributed by atoms with Crippen molar-refractivity contribution in [2.75, 3.05) is 0 Å². The van der Waals surface area contributed by atoms with Crippen molar-refractivity contribution < 1.29 is 5.11 Å². The molecule has 1 aromatic carbocycles. The van der Waals surface area contributed by atoms with Crippen LogP contribution in [0, 0.1) is 0 Å². The van der Waals surface area contributed by atoms with Gasteiger partial charge in [0.1, 0.15) is 5.75 Å². The van der Waals surface area contributed by atoms with Gasteiger partial charge < -0.3 is 5.11 Å². The first-order chi connectivity index (χ1) is 5.70. The molecule has 0 unspecified atom stereocenters. The highest BCUT2D eigenvalue weighted by Gasteiger charge is 2.07. The van der Waals surface area contributed by atoms with Crippen LogP contribution in [0.25, 0.3) is 0 Å². The van der Waals surface area contributed by atoms with Gasteiger partial charge in [-0.2, -0.15) is 0 Å². The molecule has 0 aliphatic heterocycles. The van der Waals surface area contributed by atoms with Crippen molar-refractivity contribution in [3.05, 3.63) is 27.7 Å². The van der Waals surface area contributed by atoms with Crippen molar-refractivity contribution in [3.63, 3.8) is 0 Å². The summed E-state index contributed by atoms with van der Waals surface area (Å²) in [5.41, 5.74) is 2.28. The second kappa shape index (κ2) is 3.94. The maximum absolute atomic E-state index is 9.53. The maximum Gasteiger partial charge on any atom is 0.119 e. The van der Waals surface area contributed by atoms with Gasteiger partial charge in [-0.05, 0) is 36.1 Å². The van der Waals surface area contributed by atoms with Crippen molar-refractivity contribution in [1.29, 1.82) is 0 Å². The van der Waals surface area contributed by atoms with Gasteiger partial charge in [-0.25, -0.2) is 0 Å². The second-order valence-corrected chi connectivity index (χ2v) is 3.59. The van der Waals surface area contributed by atoms with E-state index >= 15 is 0 Å². The predicted molar refractivity (Wildman–Crippen MR) is 54.6 cm³/mol. The van der Waals surface area contributed by atoms with Gasteiger partial charge in [0.25, 0.3) is 0 Å². The fourth-order valence-electron chi connectivity index (χ4n) is 1.43. The molecule has 0 amide bonds. The molecular weight excluding hydrogens is 216 g/mol. The molecule has 0 fully saturated rings. The molecular formula is C10H13BrO. The summed E-state index contributed by atoms with van der Waals surface area (Å²) in [4.78, 5) is 0. The Kier molecular flexibility index (Phi) is 3.15. The first kappa shape index (κ1) is 9.59. The first-order valence-corrected chi connectivity index (χ1v) is 4.99. The minimum atomic E-state index is 0.414. The lowest BCUT2D eigenvalue weighted by molar-refractivity contribution is 0.467.